The zero-order valence-electron chi connectivity index (χ0n) is 6.73. The highest BCUT2D eigenvalue weighted by Gasteiger charge is 2.05. The molecule has 0 N–H and O–H groups in total. The number of nitrogens with zero attached hydrogens (tertiary/aromatic N) is 8. The lowest BCUT2D eigenvalue weighted by molar-refractivity contribution is 0.530. The van der Waals surface area contributed by atoms with E-state index in [2.05, 4.69) is 43.6 Å². The summed E-state index contributed by atoms with van der Waals surface area (Å²) in [7, 11) is 1.74. The van der Waals surface area contributed by atoms with E-state index in [1.165, 1.54) is 4.80 Å². The van der Waals surface area contributed by atoms with E-state index in [0.717, 1.165) is 0 Å². The van der Waals surface area contributed by atoms with E-state index in [1.807, 2.05) is 0 Å². The summed E-state index contributed by atoms with van der Waals surface area (Å²) >= 11 is 3.92. The Hall–Kier alpha value is -1.51. The van der Waals surface area contributed by atoms with Crippen LogP contribution in [0.2, 0.25) is 0 Å². The van der Waals surface area contributed by atoms with Crippen LogP contribution in [-0.4, -0.2) is 40.4 Å². The van der Waals surface area contributed by atoms with Crippen molar-refractivity contribution in [2.45, 2.75) is 11.7 Å². The second-order valence-corrected chi connectivity index (χ2v) is 2.74. The van der Waals surface area contributed by atoms with Gasteiger partial charge in [-0.15, -0.1) is 15.3 Å². The molecule has 68 valence electrons. The fourth-order valence-corrected chi connectivity index (χ4v) is 0.954. The van der Waals surface area contributed by atoms with Gasteiger partial charge in [0, 0.05) is 7.05 Å². The van der Waals surface area contributed by atoms with Gasteiger partial charge < -0.3 is 0 Å². The lowest BCUT2D eigenvalue weighted by Crippen LogP contribution is -2.09. The number of hydrogen-bond acceptors (Lipinski definition) is 7. The topological polar surface area (TPSA) is 87.2 Å². The smallest absolute Gasteiger partial charge is 0.228 e. The third-order valence-electron chi connectivity index (χ3n) is 1.43. The molecule has 0 aliphatic rings. The second kappa shape index (κ2) is 3.09. The molecule has 2 aromatic heterocycles. The molecule has 0 aromatic carbocycles. The predicted octanol–water partition coefficient (Wildman–Crippen LogP) is -1.47. The molecule has 0 saturated heterocycles. The van der Waals surface area contributed by atoms with Crippen molar-refractivity contribution in [3.8, 4) is 0 Å². The van der Waals surface area contributed by atoms with E-state index >= 15 is 0 Å². The molecule has 9 heteroatoms. The maximum Gasteiger partial charge on any atom is 0.228 e. The van der Waals surface area contributed by atoms with Crippen molar-refractivity contribution in [3.05, 3.63) is 5.82 Å². The molecular weight excluding hydrogens is 192 g/mol. The normalized spacial score (nSPS) is 10.6. The van der Waals surface area contributed by atoms with E-state index in [-0.39, 0.29) is 0 Å². The fourth-order valence-electron chi connectivity index (χ4n) is 0.810. The van der Waals surface area contributed by atoms with Crippen LogP contribution in [0.25, 0.3) is 0 Å². The Morgan fingerprint density at radius 1 is 1.31 bits per heavy atom. The molecule has 2 aromatic rings. The molecule has 8 nitrogen and oxygen atoms in total. The molecular formula is C4H6N8S. The monoisotopic (exact) mass is 198 g/mol. The summed E-state index contributed by atoms with van der Waals surface area (Å²) in [4.78, 5) is 1.37. The van der Waals surface area contributed by atoms with Gasteiger partial charge in [-0.1, -0.05) is 12.6 Å². The second-order valence-electron chi connectivity index (χ2n) is 2.34. The zero-order chi connectivity index (χ0) is 9.26. The van der Waals surface area contributed by atoms with Crippen LogP contribution in [0.3, 0.4) is 0 Å². The first-order valence-electron chi connectivity index (χ1n) is 3.44. The number of aryl methyl sites for hydroxylation is 1. The van der Waals surface area contributed by atoms with Gasteiger partial charge in [-0.05, 0) is 15.6 Å². The highest BCUT2D eigenvalue weighted by atomic mass is 32.1. The van der Waals surface area contributed by atoms with Crippen LogP contribution >= 0.6 is 12.6 Å². The van der Waals surface area contributed by atoms with Gasteiger partial charge in [-0.2, -0.15) is 4.80 Å². The third-order valence-corrected chi connectivity index (χ3v) is 1.61. The van der Waals surface area contributed by atoms with Crippen molar-refractivity contribution in [2.24, 2.45) is 7.05 Å². The average Bonchev–Trinajstić information content (AvgIpc) is 2.64. The van der Waals surface area contributed by atoms with Crippen LogP contribution < -0.4 is 0 Å². The number of hydrogen-bond donors (Lipinski definition) is 1. The highest BCUT2D eigenvalue weighted by Crippen LogP contribution is 1.94. The minimum absolute atomic E-state index is 0.329. The summed E-state index contributed by atoms with van der Waals surface area (Å²) in [5.41, 5.74) is 0. The van der Waals surface area contributed by atoms with Crippen molar-refractivity contribution in [3.63, 3.8) is 0 Å². The molecule has 0 bridgehead atoms. The van der Waals surface area contributed by atoms with Crippen LogP contribution in [0.15, 0.2) is 5.16 Å². The van der Waals surface area contributed by atoms with Gasteiger partial charge >= 0.3 is 0 Å². The molecule has 2 rings (SSSR count). The van der Waals surface area contributed by atoms with Gasteiger partial charge in [0.2, 0.25) is 5.16 Å². The first kappa shape index (κ1) is 8.10. The molecule has 0 aliphatic heterocycles. The summed E-state index contributed by atoms with van der Waals surface area (Å²) in [6, 6.07) is 0. The molecule has 0 radical (unpaired) electrons. The van der Waals surface area contributed by atoms with E-state index < -0.39 is 0 Å². The van der Waals surface area contributed by atoms with Crippen molar-refractivity contribution < 1.29 is 0 Å². The number of aromatic nitrogens is 8. The van der Waals surface area contributed by atoms with E-state index in [9.17, 15) is 0 Å². The van der Waals surface area contributed by atoms with E-state index in [4.69, 9.17) is 0 Å². The maximum absolute atomic E-state index is 3.92. The zero-order valence-corrected chi connectivity index (χ0v) is 7.63. The Morgan fingerprint density at radius 2 is 2.15 bits per heavy atom. The minimum Gasteiger partial charge on any atom is -0.231 e. The Labute approximate surface area is 78.3 Å². The standard InChI is InChI=1S/C4H6N8S/c1-11-3(5-8-10-11)2-12-7-4(13)6-9-12/h2H2,1H3,(H,7,13). The Kier molecular flexibility index (Phi) is 1.93. The minimum atomic E-state index is 0.329. The first-order chi connectivity index (χ1) is 6.25. The molecule has 0 atom stereocenters. The quantitative estimate of drug-likeness (QED) is 0.593. The average molecular weight is 198 g/mol. The SMILES string of the molecule is Cn1nnnc1Cn1nnc(S)n1. The number of tetrazole rings is 2. The van der Waals surface area contributed by atoms with E-state index in [0.29, 0.717) is 17.5 Å². The lowest BCUT2D eigenvalue weighted by atomic mass is 10.6. The summed E-state index contributed by atoms with van der Waals surface area (Å²) < 4.78 is 1.54. The molecule has 0 spiro atoms. The first-order valence-corrected chi connectivity index (χ1v) is 3.88. The Bertz CT molecular complexity index is 404. The maximum atomic E-state index is 3.92. The molecule has 0 unspecified atom stereocenters. The van der Waals surface area contributed by atoms with E-state index in [1.54, 1.807) is 11.7 Å². The van der Waals surface area contributed by atoms with Crippen LogP contribution in [0, 0.1) is 0 Å². The lowest BCUT2D eigenvalue weighted by Gasteiger charge is -1.94. The molecule has 0 aliphatic carbocycles. The van der Waals surface area contributed by atoms with Crippen LogP contribution in [0.4, 0.5) is 0 Å². The van der Waals surface area contributed by atoms with Crippen molar-refractivity contribution >= 4 is 12.6 Å². The van der Waals surface area contributed by atoms with Gasteiger partial charge in [0.25, 0.3) is 0 Å². The Balaban J connectivity index is 2.19. The molecule has 2 heterocycles. The predicted molar refractivity (Wildman–Crippen MR) is 43.0 cm³/mol. The number of thiol groups is 1. The van der Waals surface area contributed by atoms with Crippen molar-refractivity contribution in [1.82, 2.24) is 40.4 Å². The summed E-state index contributed by atoms with van der Waals surface area (Å²) in [6.45, 7) is 0.386. The van der Waals surface area contributed by atoms with Gasteiger partial charge in [-0.3, -0.25) is 0 Å². The summed E-state index contributed by atoms with van der Waals surface area (Å²) in [6.07, 6.45) is 0. The largest absolute Gasteiger partial charge is 0.231 e. The van der Waals surface area contributed by atoms with Gasteiger partial charge in [0.05, 0.1) is 0 Å². The van der Waals surface area contributed by atoms with Crippen LogP contribution in [0.1, 0.15) is 5.82 Å². The third kappa shape index (κ3) is 1.64. The molecule has 0 saturated carbocycles. The van der Waals surface area contributed by atoms with Crippen molar-refractivity contribution in [1.29, 1.82) is 0 Å². The van der Waals surface area contributed by atoms with Gasteiger partial charge in [0.15, 0.2) is 5.82 Å². The Morgan fingerprint density at radius 3 is 2.69 bits per heavy atom. The van der Waals surface area contributed by atoms with Crippen LogP contribution in [-0.2, 0) is 13.6 Å². The van der Waals surface area contributed by atoms with Gasteiger partial charge in [-0.25, -0.2) is 4.68 Å². The van der Waals surface area contributed by atoms with Gasteiger partial charge in [0.1, 0.15) is 6.54 Å². The van der Waals surface area contributed by atoms with Crippen molar-refractivity contribution in [2.75, 3.05) is 0 Å². The molecule has 0 amide bonds. The molecule has 0 fully saturated rings. The molecule has 13 heavy (non-hydrogen) atoms. The summed E-state index contributed by atoms with van der Waals surface area (Å²) in [5, 5.41) is 22.4. The van der Waals surface area contributed by atoms with Crippen LogP contribution in [0.5, 0.6) is 0 Å². The highest BCUT2D eigenvalue weighted by molar-refractivity contribution is 7.80. The summed E-state index contributed by atoms with van der Waals surface area (Å²) in [5.74, 6) is 0.658. The fraction of sp³-hybridized carbons (Fsp3) is 0.500. The number of rotatable bonds is 2.